The van der Waals surface area contributed by atoms with Crippen LogP contribution in [0.25, 0.3) is 11.0 Å². The molecule has 2 atom stereocenters. The van der Waals surface area contributed by atoms with Gasteiger partial charge in [-0.25, -0.2) is 14.6 Å². The topological polar surface area (TPSA) is 95.8 Å². The number of fused-ring (bicyclic) bond motifs is 3. The number of nitrogens with zero attached hydrogens (tertiary/aromatic N) is 7. The predicted molar refractivity (Wildman–Crippen MR) is 93.1 cm³/mol. The molecule has 6 rings (SSSR count). The number of H-pyrrole nitrogens is 1. The van der Waals surface area contributed by atoms with Crippen LogP contribution in [0.1, 0.15) is 6.42 Å². The Bertz CT molecular complexity index is 1020. The van der Waals surface area contributed by atoms with Gasteiger partial charge in [0.2, 0.25) is 0 Å². The van der Waals surface area contributed by atoms with E-state index in [9.17, 15) is 4.79 Å². The molecule has 0 amide bonds. The Balaban J connectivity index is 1.46. The van der Waals surface area contributed by atoms with Crippen LogP contribution in [0.15, 0.2) is 23.5 Å². The van der Waals surface area contributed by atoms with Crippen LogP contribution in [0.2, 0.25) is 5.02 Å². The molecule has 0 aromatic carbocycles. The highest BCUT2D eigenvalue weighted by Gasteiger charge is 2.46. The zero-order valence-corrected chi connectivity index (χ0v) is 14.2. The fraction of sp³-hybridized carbons (Fsp3) is 0.400. The number of aryl methyl sites for hydroxylation is 1. The van der Waals surface area contributed by atoms with E-state index in [1.807, 2.05) is 0 Å². The summed E-state index contributed by atoms with van der Waals surface area (Å²) in [7, 11) is 1.60. The molecule has 3 aromatic heterocycles. The van der Waals surface area contributed by atoms with E-state index in [1.54, 1.807) is 25.8 Å². The molecule has 0 aliphatic carbocycles. The standard InChI is InChI=1S/C15H15ClN8O/c1-22-15(25)12(16)11(4-20-22)23-5-8-2-9(6-23)24(8)14-10-3-19-21-13(10)17-7-18-14/h3-4,7-9H,2,5-6H2,1H3,(H,17,18,19,21). The van der Waals surface area contributed by atoms with Gasteiger partial charge in [0.1, 0.15) is 17.2 Å². The van der Waals surface area contributed by atoms with Gasteiger partial charge in [-0.1, -0.05) is 11.6 Å². The van der Waals surface area contributed by atoms with Crippen LogP contribution >= 0.6 is 11.6 Å². The summed E-state index contributed by atoms with van der Waals surface area (Å²) in [5.41, 5.74) is 1.17. The first-order valence-corrected chi connectivity index (χ1v) is 8.40. The van der Waals surface area contributed by atoms with Gasteiger partial charge in [0.15, 0.2) is 5.65 Å². The lowest BCUT2D eigenvalue weighted by atomic mass is 9.87. The average Bonchev–Trinajstić information content (AvgIpc) is 3.09. The van der Waals surface area contributed by atoms with Crippen LogP contribution in [0.5, 0.6) is 0 Å². The second kappa shape index (κ2) is 5.16. The highest BCUT2D eigenvalue weighted by molar-refractivity contribution is 6.33. The van der Waals surface area contributed by atoms with E-state index in [2.05, 4.69) is 35.1 Å². The second-order valence-electron chi connectivity index (χ2n) is 6.46. The van der Waals surface area contributed by atoms with Gasteiger partial charge in [0.25, 0.3) is 5.56 Å². The molecule has 0 radical (unpaired) electrons. The van der Waals surface area contributed by atoms with Crippen molar-refractivity contribution in [2.45, 2.75) is 18.5 Å². The van der Waals surface area contributed by atoms with Gasteiger partial charge in [-0.15, -0.1) is 0 Å². The molecule has 10 heteroatoms. The Labute approximate surface area is 147 Å². The average molecular weight is 359 g/mol. The molecule has 2 bridgehead atoms. The van der Waals surface area contributed by atoms with Crippen LogP contribution in [0.4, 0.5) is 11.5 Å². The highest BCUT2D eigenvalue weighted by Crippen LogP contribution is 2.40. The second-order valence-corrected chi connectivity index (χ2v) is 6.84. The number of aromatic amines is 1. The lowest BCUT2D eigenvalue weighted by Crippen LogP contribution is -2.69. The normalized spacial score (nSPS) is 22.3. The van der Waals surface area contributed by atoms with E-state index in [0.29, 0.717) is 17.8 Å². The van der Waals surface area contributed by atoms with Gasteiger partial charge >= 0.3 is 0 Å². The maximum atomic E-state index is 12.0. The third kappa shape index (κ3) is 2.05. The first-order chi connectivity index (χ1) is 12.1. The first-order valence-electron chi connectivity index (χ1n) is 8.02. The Kier molecular flexibility index (Phi) is 3.02. The summed E-state index contributed by atoms with van der Waals surface area (Å²) in [4.78, 5) is 25.2. The van der Waals surface area contributed by atoms with Crippen molar-refractivity contribution in [2.75, 3.05) is 22.9 Å². The smallest absolute Gasteiger partial charge is 0.287 e. The molecule has 128 valence electrons. The Morgan fingerprint density at radius 3 is 2.84 bits per heavy atom. The van der Waals surface area contributed by atoms with Crippen molar-refractivity contribution in [3.05, 3.63) is 34.1 Å². The zero-order valence-electron chi connectivity index (χ0n) is 13.4. The molecule has 3 fully saturated rings. The Morgan fingerprint density at radius 2 is 2.04 bits per heavy atom. The van der Waals surface area contributed by atoms with Gasteiger partial charge in [-0.2, -0.15) is 10.2 Å². The molecule has 0 saturated carbocycles. The number of nitrogens with one attached hydrogen (secondary N) is 1. The summed E-state index contributed by atoms with van der Waals surface area (Å²) in [6, 6.07) is 0.624. The maximum absolute atomic E-state index is 12.0. The molecule has 1 N–H and O–H groups in total. The van der Waals surface area contributed by atoms with Crippen molar-refractivity contribution in [2.24, 2.45) is 7.05 Å². The fourth-order valence-electron chi connectivity index (χ4n) is 3.83. The van der Waals surface area contributed by atoms with Crippen LogP contribution in [0.3, 0.4) is 0 Å². The Hall–Kier alpha value is -2.68. The number of halogens is 1. The number of hydrogen-bond acceptors (Lipinski definition) is 7. The van der Waals surface area contributed by atoms with Crippen molar-refractivity contribution in [3.8, 4) is 0 Å². The number of piperazine rings is 1. The van der Waals surface area contributed by atoms with Crippen LogP contribution in [-0.4, -0.2) is 55.1 Å². The van der Waals surface area contributed by atoms with Gasteiger partial charge in [-0.05, 0) is 6.42 Å². The van der Waals surface area contributed by atoms with Crippen molar-refractivity contribution in [1.29, 1.82) is 0 Å². The maximum Gasteiger partial charge on any atom is 0.287 e. The van der Waals surface area contributed by atoms with Crippen molar-refractivity contribution >= 4 is 34.1 Å². The number of anilines is 2. The summed E-state index contributed by atoms with van der Waals surface area (Å²) >= 11 is 6.25. The highest BCUT2D eigenvalue weighted by atomic mass is 35.5. The molecule has 3 aromatic rings. The molecule has 3 saturated heterocycles. The molecule has 9 nitrogen and oxygen atoms in total. The van der Waals surface area contributed by atoms with Crippen molar-refractivity contribution in [3.63, 3.8) is 0 Å². The molecule has 25 heavy (non-hydrogen) atoms. The SMILES string of the molecule is Cn1ncc(N2CC3CC(C2)N3c2ncnc3[nH]ncc23)c(Cl)c1=O. The van der Waals surface area contributed by atoms with E-state index >= 15 is 0 Å². The summed E-state index contributed by atoms with van der Waals surface area (Å²) in [5, 5.41) is 12.2. The lowest BCUT2D eigenvalue weighted by Gasteiger charge is -2.57. The van der Waals surface area contributed by atoms with Crippen molar-refractivity contribution < 1.29 is 0 Å². The van der Waals surface area contributed by atoms with E-state index in [4.69, 9.17) is 11.6 Å². The van der Waals surface area contributed by atoms with E-state index in [-0.39, 0.29) is 10.6 Å². The van der Waals surface area contributed by atoms with E-state index < -0.39 is 0 Å². The predicted octanol–water partition coefficient (Wildman–Crippen LogP) is 0.567. The zero-order chi connectivity index (χ0) is 17.1. The summed E-state index contributed by atoms with van der Waals surface area (Å²) in [6.45, 7) is 1.54. The third-order valence-corrected chi connectivity index (χ3v) is 5.42. The molecule has 3 aliphatic heterocycles. The Morgan fingerprint density at radius 1 is 1.24 bits per heavy atom. The van der Waals surface area contributed by atoms with Gasteiger partial charge < -0.3 is 9.80 Å². The van der Waals surface area contributed by atoms with Gasteiger partial charge in [0, 0.05) is 20.1 Å². The minimum absolute atomic E-state index is 0.226. The minimum Gasteiger partial charge on any atom is -0.365 e. The van der Waals surface area contributed by atoms with Crippen LogP contribution in [-0.2, 0) is 7.05 Å². The number of aromatic nitrogens is 6. The molecule has 3 aliphatic rings. The molecule has 0 spiro atoms. The summed E-state index contributed by atoms with van der Waals surface area (Å²) < 4.78 is 1.25. The van der Waals surface area contributed by atoms with E-state index in [0.717, 1.165) is 36.4 Å². The van der Waals surface area contributed by atoms with E-state index in [1.165, 1.54) is 4.68 Å². The molecular weight excluding hydrogens is 344 g/mol. The largest absolute Gasteiger partial charge is 0.365 e. The van der Waals surface area contributed by atoms with Crippen LogP contribution in [0, 0.1) is 0 Å². The quantitative estimate of drug-likeness (QED) is 0.715. The molecule has 6 heterocycles. The first kappa shape index (κ1) is 14.6. The fourth-order valence-corrected chi connectivity index (χ4v) is 4.12. The number of hydrogen-bond donors (Lipinski definition) is 1. The van der Waals surface area contributed by atoms with Crippen LogP contribution < -0.4 is 15.4 Å². The monoisotopic (exact) mass is 358 g/mol. The lowest BCUT2D eigenvalue weighted by molar-refractivity contribution is 0.289. The molecular formula is C15H15ClN8O. The van der Waals surface area contributed by atoms with Crippen molar-refractivity contribution in [1.82, 2.24) is 29.9 Å². The molecule has 2 unspecified atom stereocenters. The number of piperidine rings is 1. The van der Waals surface area contributed by atoms with Gasteiger partial charge in [0.05, 0.1) is 35.6 Å². The van der Waals surface area contributed by atoms with Gasteiger partial charge in [-0.3, -0.25) is 9.89 Å². The minimum atomic E-state index is -0.272. The number of rotatable bonds is 2. The summed E-state index contributed by atoms with van der Waals surface area (Å²) in [6.07, 6.45) is 6.08. The third-order valence-electron chi connectivity index (χ3n) is 5.07. The summed E-state index contributed by atoms with van der Waals surface area (Å²) in [5.74, 6) is 0.910.